The van der Waals surface area contributed by atoms with Crippen LogP contribution in [-0.2, 0) is 0 Å². The van der Waals surface area contributed by atoms with E-state index in [0.717, 1.165) is 6.20 Å². The van der Waals surface area contributed by atoms with Crippen molar-refractivity contribution in [2.24, 2.45) is 0 Å². The molecule has 132 valence electrons. The highest BCUT2D eigenvalue weighted by Gasteiger charge is 2.13. The molecule has 2 heterocycles. The van der Waals surface area contributed by atoms with Crippen LogP contribution in [0.5, 0.6) is 11.5 Å². The van der Waals surface area contributed by atoms with Crippen LogP contribution in [0.25, 0.3) is 0 Å². The van der Waals surface area contributed by atoms with Gasteiger partial charge in [0.15, 0.2) is 23.1 Å². The van der Waals surface area contributed by atoms with Crippen molar-refractivity contribution in [1.29, 1.82) is 0 Å². The zero-order chi connectivity index (χ0) is 17.9. The molecule has 1 aliphatic rings. The predicted octanol–water partition coefficient (Wildman–Crippen LogP) is 4.01. The highest BCUT2D eigenvalue weighted by molar-refractivity contribution is 5.63. The number of aromatic nitrogens is 2. The third-order valence-electron chi connectivity index (χ3n) is 3.65. The quantitative estimate of drug-likeness (QED) is 0.736. The summed E-state index contributed by atoms with van der Waals surface area (Å²) in [5.74, 6) is 0.449. The highest BCUT2D eigenvalue weighted by Crippen LogP contribution is 2.33. The number of benzene rings is 2. The van der Waals surface area contributed by atoms with Gasteiger partial charge in [-0.3, -0.25) is 0 Å². The van der Waals surface area contributed by atoms with Crippen molar-refractivity contribution in [3.05, 3.63) is 60.3 Å². The first-order chi connectivity index (χ1) is 12.7. The Morgan fingerprint density at radius 2 is 1.58 bits per heavy atom. The van der Waals surface area contributed by atoms with E-state index in [4.69, 9.17) is 9.47 Å². The molecule has 0 fully saturated rings. The lowest BCUT2D eigenvalue weighted by Gasteiger charge is -2.19. The Morgan fingerprint density at radius 1 is 0.846 bits per heavy atom. The molecule has 2 N–H and O–H groups in total. The molecule has 0 atom stereocenters. The summed E-state index contributed by atoms with van der Waals surface area (Å²) in [7, 11) is 0. The van der Waals surface area contributed by atoms with Crippen LogP contribution in [0.2, 0.25) is 0 Å². The molecule has 6 nitrogen and oxygen atoms in total. The number of fused-ring (bicyclic) bond motifs is 1. The zero-order valence-electron chi connectivity index (χ0n) is 13.5. The van der Waals surface area contributed by atoms with Crippen LogP contribution in [0.3, 0.4) is 0 Å². The van der Waals surface area contributed by atoms with Gasteiger partial charge in [-0.05, 0) is 36.4 Å². The van der Waals surface area contributed by atoms with Gasteiger partial charge < -0.3 is 20.1 Å². The largest absolute Gasteiger partial charge is 0.486 e. The molecule has 0 aliphatic carbocycles. The minimum Gasteiger partial charge on any atom is -0.486 e. The van der Waals surface area contributed by atoms with Gasteiger partial charge in [0, 0.05) is 17.4 Å². The maximum absolute atomic E-state index is 14.1. The lowest BCUT2D eigenvalue weighted by atomic mass is 10.2. The van der Waals surface area contributed by atoms with Gasteiger partial charge in [0.1, 0.15) is 19.0 Å². The van der Waals surface area contributed by atoms with Crippen LogP contribution in [0.4, 0.5) is 31.9 Å². The highest BCUT2D eigenvalue weighted by atomic mass is 19.1. The second-order valence-corrected chi connectivity index (χ2v) is 5.51. The summed E-state index contributed by atoms with van der Waals surface area (Å²) >= 11 is 0. The molecule has 1 aliphatic heterocycles. The third-order valence-corrected chi connectivity index (χ3v) is 3.65. The molecule has 0 unspecified atom stereocenters. The molecule has 0 spiro atoms. The number of rotatable bonds is 4. The number of nitrogens with zero attached hydrogens (tertiary/aromatic N) is 2. The molecule has 0 bridgehead atoms. The van der Waals surface area contributed by atoms with E-state index >= 15 is 0 Å². The van der Waals surface area contributed by atoms with Gasteiger partial charge in [0.25, 0.3) is 0 Å². The van der Waals surface area contributed by atoms with E-state index in [1.54, 1.807) is 18.2 Å². The maximum atomic E-state index is 14.1. The third kappa shape index (κ3) is 3.49. The van der Waals surface area contributed by atoms with Crippen LogP contribution >= 0.6 is 0 Å². The van der Waals surface area contributed by atoms with Crippen LogP contribution < -0.4 is 20.1 Å². The Hall–Kier alpha value is -3.42. The van der Waals surface area contributed by atoms with Gasteiger partial charge in [-0.25, -0.2) is 13.8 Å². The van der Waals surface area contributed by atoms with E-state index in [1.165, 1.54) is 24.3 Å². The van der Waals surface area contributed by atoms with E-state index < -0.39 is 5.82 Å². The fourth-order valence-electron chi connectivity index (χ4n) is 2.44. The van der Waals surface area contributed by atoms with Gasteiger partial charge >= 0.3 is 0 Å². The Labute approximate surface area is 147 Å². The lowest BCUT2D eigenvalue weighted by Crippen LogP contribution is -2.15. The molecule has 3 aromatic rings. The summed E-state index contributed by atoms with van der Waals surface area (Å²) < 4.78 is 38.0. The SMILES string of the molecule is Fc1ccc(Nc2ncc(F)c(Nc3ccc4c(c3)OCCO4)n2)cc1. The second-order valence-electron chi connectivity index (χ2n) is 5.51. The molecule has 26 heavy (non-hydrogen) atoms. The summed E-state index contributed by atoms with van der Waals surface area (Å²) in [6, 6.07) is 10.9. The van der Waals surface area contributed by atoms with Crippen LogP contribution in [0, 0.1) is 11.6 Å². The van der Waals surface area contributed by atoms with E-state index in [1.807, 2.05) is 0 Å². The average Bonchev–Trinajstić information content (AvgIpc) is 2.66. The molecule has 0 amide bonds. The van der Waals surface area contributed by atoms with Crippen molar-refractivity contribution in [3.8, 4) is 11.5 Å². The van der Waals surface area contributed by atoms with Crippen molar-refractivity contribution in [1.82, 2.24) is 9.97 Å². The molecule has 8 heteroatoms. The van der Waals surface area contributed by atoms with E-state index in [0.29, 0.717) is 36.1 Å². The maximum Gasteiger partial charge on any atom is 0.229 e. The molecule has 2 aromatic carbocycles. The number of halogens is 2. The summed E-state index contributed by atoms with van der Waals surface area (Å²) in [6.07, 6.45) is 1.05. The first-order valence-electron chi connectivity index (χ1n) is 7.89. The smallest absolute Gasteiger partial charge is 0.229 e. The fraction of sp³-hybridized carbons (Fsp3) is 0.111. The first-order valence-corrected chi connectivity index (χ1v) is 7.89. The molecule has 1 aromatic heterocycles. The Kier molecular flexibility index (Phi) is 4.22. The van der Waals surface area contributed by atoms with Crippen molar-refractivity contribution in [2.75, 3.05) is 23.8 Å². The standard InChI is InChI=1S/C18H14F2N4O2/c19-11-1-3-12(4-2-11)23-18-21-10-14(20)17(24-18)22-13-5-6-15-16(9-13)26-8-7-25-15/h1-6,9-10H,7-8H2,(H2,21,22,23,24). The van der Waals surface area contributed by atoms with Gasteiger partial charge in [0.2, 0.25) is 5.95 Å². The molecule has 0 saturated heterocycles. The van der Waals surface area contributed by atoms with Gasteiger partial charge in [0.05, 0.1) is 6.20 Å². The minimum absolute atomic E-state index is 0.00119. The van der Waals surface area contributed by atoms with Crippen LogP contribution in [-0.4, -0.2) is 23.2 Å². The minimum atomic E-state index is -0.607. The topological polar surface area (TPSA) is 68.3 Å². The Balaban J connectivity index is 1.55. The van der Waals surface area contributed by atoms with E-state index in [2.05, 4.69) is 20.6 Å². The second kappa shape index (κ2) is 6.83. The number of ether oxygens (including phenoxy) is 2. The van der Waals surface area contributed by atoms with Crippen molar-refractivity contribution >= 4 is 23.1 Å². The lowest BCUT2D eigenvalue weighted by molar-refractivity contribution is 0.171. The van der Waals surface area contributed by atoms with Crippen LogP contribution in [0.15, 0.2) is 48.7 Å². The predicted molar refractivity (Wildman–Crippen MR) is 92.4 cm³/mol. The van der Waals surface area contributed by atoms with Crippen molar-refractivity contribution in [2.45, 2.75) is 0 Å². The van der Waals surface area contributed by atoms with Gasteiger partial charge in [-0.2, -0.15) is 4.98 Å². The van der Waals surface area contributed by atoms with Gasteiger partial charge in [-0.15, -0.1) is 0 Å². The summed E-state index contributed by atoms with van der Waals surface area (Å²) in [4.78, 5) is 8.02. The van der Waals surface area contributed by atoms with Crippen LogP contribution in [0.1, 0.15) is 0 Å². The summed E-state index contributed by atoms with van der Waals surface area (Å²) in [5, 5.41) is 5.79. The van der Waals surface area contributed by atoms with Gasteiger partial charge in [-0.1, -0.05) is 0 Å². The monoisotopic (exact) mass is 356 g/mol. The first kappa shape index (κ1) is 16.1. The molecule has 0 saturated carbocycles. The number of hydrogen-bond donors (Lipinski definition) is 2. The van der Waals surface area contributed by atoms with Crippen molar-refractivity contribution < 1.29 is 18.3 Å². The van der Waals surface area contributed by atoms with E-state index in [-0.39, 0.29) is 17.6 Å². The number of nitrogens with one attached hydrogen (secondary N) is 2. The molecule has 4 rings (SSSR count). The average molecular weight is 356 g/mol. The normalized spacial score (nSPS) is 12.5. The number of hydrogen-bond acceptors (Lipinski definition) is 6. The fourth-order valence-corrected chi connectivity index (χ4v) is 2.44. The summed E-state index contributed by atoms with van der Waals surface area (Å²) in [6.45, 7) is 0.961. The zero-order valence-corrected chi connectivity index (χ0v) is 13.5. The Morgan fingerprint density at radius 3 is 2.38 bits per heavy atom. The molecule has 0 radical (unpaired) electrons. The number of anilines is 4. The molecular formula is C18H14F2N4O2. The molecular weight excluding hydrogens is 342 g/mol. The van der Waals surface area contributed by atoms with E-state index in [9.17, 15) is 8.78 Å². The summed E-state index contributed by atoms with van der Waals surface area (Å²) in [5.41, 5.74) is 1.18. The Bertz CT molecular complexity index is 935. The van der Waals surface area contributed by atoms with Crippen molar-refractivity contribution in [3.63, 3.8) is 0 Å².